The molecular weight excluding hydrogens is 330 g/mol. The zero-order valence-corrected chi connectivity index (χ0v) is 14.4. The number of furan rings is 1. The monoisotopic (exact) mass is 349 g/mol. The van der Waals surface area contributed by atoms with Crippen LogP contribution in [0.4, 0.5) is 0 Å². The maximum Gasteiger partial charge on any atom is 0.290 e. The number of benzene rings is 1. The number of fused-ring (bicyclic) bond motifs is 1. The summed E-state index contributed by atoms with van der Waals surface area (Å²) >= 11 is 0. The third-order valence-corrected chi connectivity index (χ3v) is 4.48. The number of hydrogen-bond acceptors (Lipinski definition) is 4. The van der Waals surface area contributed by atoms with Crippen molar-refractivity contribution in [3.8, 4) is 5.95 Å². The Bertz CT molecular complexity index is 940. The largest absolute Gasteiger partial charge is 0.468 e. The fourth-order valence-corrected chi connectivity index (χ4v) is 3.07. The third-order valence-electron chi connectivity index (χ3n) is 4.48. The topological polar surface area (TPSA) is 71.4 Å². The van der Waals surface area contributed by atoms with E-state index >= 15 is 0 Å². The van der Waals surface area contributed by atoms with Gasteiger partial charge in [-0.2, -0.15) is 5.10 Å². The molecule has 1 aliphatic heterocycles. The van der Waals surface area contributed by atoms with Crippen LogP contribution in [-0.4, -0.2) is 34.7 Å². The van der Waals surface area contributed by atoms with E-state index in [1.165, 1.54) is 7.11 Å². The van der Waals surface area contributed by atoms with Gasteiger partial charge >= 0.3 is 0 Å². The molecule has 0 radical (unpaired) electrons. The molecule has 132 valence electrons. The summed E-state index contributed by atoms with van der Waals surface area (Å²) in [6.45, 7) is 1.13. The third kappa shape index (κ3) is 3.13. The summed E-state index contributed by atoms with van der Waals surface area (Å²) in [5, 5.41) is 7.50. The van der Waals surface area contributed by atoms with Crippen LogP contribution in [0.1, 0.15) is 33.1 Å². The van der Waals surface area contributed by atoms with Crippen LogP contribution < -0.4 is 4.74 Å². The van der Waals surface area contributed by atoms with Gasteiger partial charge in [-0.15, -0.1) is 0 Å². The van der Waals surface area contributed by atoms with Crippen LogP contribution in [0.25, 0.3) is 12.2 Å². The first-order valence-electron chi connectivity index (χ1n) is 8.47. The number of aromatic amines is 1. The van der Waals surface area contributed by atoms with E-state index in [2.05, 4.69) is 10.2 Å². The van der Waals surface area contributed by atoms with E-state index in [1.54, 1.807) is 17.0 Å². The number of nitrogens with zero attached hydrogens (tertiary/aromatic N) is 2. The van der Waals surface area contributed by atoms with Gasteiger partial charge in [0.15, 0.2) is 5.76 Å². The standard InChI is InChI=1S/C20H19N3O3/c1-25-19-10-9-18(26-19)20(24)23-12-11-17-15(13-23)16(21-22-17)8-7-14-5-3-2-4-6-14/h2-10H,11-13H2,1H3,(H,21,22)/b8-7+. The Balaban J connectivity index is 1.53. The molecule has 6 nitrogen and oxygen atoms in total. The predicted molar refractivity (Wildman–Crippen MR) is 97.7 cm³/mol. The van der Waals surface area contributed by atoms with Gasteiger partial charge in [-0.05, 0) is 17.7 Å². The van der Waals surface area contributed by atoms with E-state index in [0.717, 1.165) is 28.9 Å². The molecule has 4 rings (SSSR count). The van der Waals surface area contributed by atoms with Crippen molar-refractivity contribution in [1.82, 2.24) is 15.1 Å². The minimum Gasteiger partial charge on any atom is -0.468 e. The van der Waals surface area contributed by atoms with Crippen molar-refractivity contribution in [2.24, 2.45) is 0 Å². The highest BCUT2D eigenvalue weighted by atomic mass is 16.6. The molecular formula is C20H19N3O3. The van der Waals surface area contributed by atoms with E-state index in [9.17, 15) is 4.79 Å². The zero-order valence-electron chi connectivity index (χ0n) is 14.4. The normalized spacial score (nSPS) is 13.8. The lowest BCUT2D eigenvalue weighted by atomic mass is 10.0. The summed E-state index contributed by atoms with van der Waals surface area (Å²) in [6, 6.07) is 13.3. The first-order chi connectivity index (χ1) is 12.7. The Labute approximate surface area is 151 Å². The average molecular weight is 349 g/mol. The van der Waals surface area contributed by atoms with Crippen molar-refractivity contribution in [1.29, 1.82) is 0 Å². The Hall–Kier alpha value is -3.28. The van der Waals surface area contributed by atoms with Gasteiger partial charge in [0.1, 0.15) is 0 Å². The molecule has 0 atom stereocenters. The van der Waals surface area contributed by atoms with Crippen molar-refractivity contribution in [2.75, 3.05) is 13.7 Å². The van der Waals surface area contributed by atoms with E-state index in [4.69, 9.17) is 9.15 Å². The summed E-state index contributed by atoms with van der Waals surface area (Å²) in [5.74, 6) is 0.481. The highest BCUT2D eigenvalue weighted by Crippen LogP contribution is 2.24. The first kappa shape index (κ1) is 16.2. The summed E-state index contributed by atoms with van der Waals surface area (Å²) in [4.78, 5) is 14.5. The highest BCUT2D eigenvalue weighted by Gasteiger charge is 2.27. The Morgan fingerprint density at radius 2 is 2.08 bits per heavy atom. The van der Waals surface area contributed by atoms with Crippen LogP contribution >= 0.6 is 0 Å². The Morgan fingerprint density at radius 3 is 2.85 bits per heavy atom. The predicted octanol–water partition coefficient (Wildman–Crippen LogP) is 3.38. The molecule has 6 heteroatoms. The SMILES string of the molecule is COc1ccc(C(=O)N2CCc3[nH]nc(/C=C/c4ccccc4)c3C2)o1. The van der Waals surface area contributed by atoms with Crippen LogP contribution in [0.5, 0.6) is 5.95 Å². The number of methoxy groups -OCH3 is 1. The number of nitrogens with one attached hydrogen (secondary N) is 1. The summed E-state index contributed by atoms with van der Waals surface area (Å²) in [6.07, 6.45) is 4.74. The number of amides is 1. The molecule has 0 bridgehead atoms. The molecule has 3 aromatic rings. The second-order valence-corrected chi connectivity index (χ2v) is 6.11. The van der Waals surface area contributed by atoms with Crippen LogP contribution in [0, 0.1) is 0 Å². The van der Waals surface area contributed by atoms with Crippen molar-refractivity contribution < 1.29 is 13.9 Å². The maximum atomic E-state index is 12.7. The van der Waals surface area contributed by atoms with E-state index in [1.807, 2.05) is 42.5 Å². The van der Waals surface area contributed by atoms with Gasteiger partial charge in [-0.3, -0.25) is 9.89 Å². The second kappa shape index (κ2) is 6.92. The molecule has 0 unspecified atom stereocenters. The number of hydrogen-bond donors (Lipinski definition) is 1. The molecule has 0 saturated carbocycles. The minimum atomic E-state index is -0.141. The van der Waals surface area contributed by atoms with Gasteiger partial charge in [0, 0.05) is 30.3 Å². The fourth-order valence-electron chi connectivity index (χ4n) is 3.07. The van der Waals surface area contributed by atoms with Crippen LogP contribution in [0.15, 0.2) is 46.9 Å². The molecule has 26 heavy (non-hydrogen) atoms. The Kier molecular flexibility index (Phi) is 4.31. The van der Waals surface area contributed by atoms with Crippen molar-refractivity contribution >= 4 is 18.1 Å². The quantitative estimate of drug-likeness (QED) is 0.784. The number of carbonyl (C=O) groups excluding carboxylic acids is 1. The zero-order chi connectivity index (χ0) is 17.9. The molecule has 1 aromatic carbocycles. The second-order valence-electron chi connectivity index (χ2n) is 6.11. The van der Waals surface area contributed by atoms with Gasteiger partial charge in [-0.1, -0.05) is 36.4 Å². The van der Waals surface area contributed by atoms with Crippen LogP contribution in [0.2, 0.25) is 0 Å². The van der Waals surface area contributed by atoms with Gasteiger partial charge in [-0.25, -0.2) is 0 Å². The summed E-state index contributed by atoms with van der Waals surface area (Å²) in [5.41, 5.74) is 4.10. The van der Waals surface area contributed by atoms with Crippen molar-refractivity contribution in [3.63, 3.8) is 0 Å². The van der Waals surface area contributed by atoms with Gasteiger partial charge < -0.3 is 14.1 Å². The minimum absolute atomic E-state index is 0.141. The fraction of sp³-hybridized carbons (Fsp3) is 0.200. The summed E-state index contributed by atoms with van der Waals surface area (Å²) in [7, 11) is 1.51. The average Bonchev–Trinajstić information content (AvgIpc) is 3.33. The smallest absolute Gasteiger partial charge is 0.290 e. The molecule has 1 N–H and O–H groups in total. The number of H-pyrrole nitrogens is 1. The summed E-state index contributed by atoms with van der Waals surface area (Å²) < 4.78 is 10.4. The van der Waals surface area contributed by atoms with Crippen LogP contribution in [-0.2, 0) is 13.0 Å². The van der Waals surface area contributed by atoms with Crippen LogP contribution in [0.3, 0.4) is 0 Å². The molecule has 0 aliphatic carbocycles. The Morgan fingerprint density at radius 1 is 1.23 bits per heavy atom. The number of carbonyl (C=O) groups is 1. The lowest BCUT2D eigenvalue weighted by Crippen LogP contribution is -2.35. The molecule has 0 spiro atoms. The van der Waals surface area contributed by atoms with E-state index < -0.39 is 0 Å². The number of aromatic nitrogens is 2. The molecule has 0 saturated heterocycles. The molecule has 2 aromatic heterocycles. The first-order valence-corrected chi connectivity index (χ1v) is 8.47. The molecule has 1 amide bonds. The number of rotatable bonds is 4. The van der Waals surface area contributed by atoms with E-state index in [0.29, 0.717) is 19.0 Å². The lowest BCUT2D eigenvalue weighted by molar-refractivity contribution is 0.0695. The molecule has 3 heterocycles. The molecule has 0 fully saturated rings. The van der Waals surface area contributed by atoms with Crippen molar-refractivity contribution in [3.05, 3.63) is 70.7 Å². The number of ether oxygens (including phenoxy) is 1. The lowest BCUT2D eigenvalue weighted by Gasteiger charge is -2.26. The maximum absolute atomic E-state index is 12.7. The van der Waals surface area contributed by atoms with E-state index in [-0.39, 0.29) is 11.7 Å². The van der Waals surface area contributed by atoms with Gasteiger partial charge in [0.25, 0.3) is 11.9 Å². The molecule has 1 aliphatic rings. The van der Waals surface area contributed by atoms with Gasteiger partial charge in [0.2, 0.25) is 0 Å². The van der Waals surface area contributed by atoms with Gasteiger partial charge in [0.05, 0.1) is 19.3 Å². The van der Waals surface area contributed by atoms with Crippen molar-refractivity contribution in [2.45, 2.75) is 13.0 Å². The highest BCUT2D eigenvalue weighted by molar-refractivity contribution is 5.92.